The summed E-state index contributed by atoms with van der Waals surface area (Å²) in [6, 6.07) is 26.7. The molecule has 0 unspecified atom stereocenters. The Morgan fingerprint density at radius 1 is 0.862 bits per heavy atom. The molecule has 1 aromatic heterocycles. The maximum absolute atomic E-state index is 6.08. The van der Waals surface area contributed by atoms with Crippen LogP contribution in [0.4, 0.5) is 0 Å². The van der Waals surface area contributed by atoms with Crippen LogP contribution in [-0.4, -0.2) is 10.2 Å². The van der Waals surface area contributed by atoms with Crippen molar-refractivity contribution in [1.29, 1.82) is 0 Å². The second kappa shape index (κ2) is 8.60. The molecule has 0 radical (unpaired) electrons. The van der Waals surface area contributed by atoms with Crippen molar-refractivity contribution < 1.29 is 9.73 Å². The topological polar surface area (TPSA) is 55.5 Å². The molecule has 0 amide bonds. The zero-order valence-electron chi connectivity index (χ0n) is 16.4. The van der Waals surface area contributed by atoms with Crippen LogP contribution in [0.1, 0.15) is 41.6 Å². The van der Waals surface area contributed by atoms with Crippen molar-refractivity contribution in [2.45, 2.75) is 25.9 Å². The van der Waals surface area contributed by atoms with Gasteiger partial charge in [-0.3, -0.25) is 0 Å². The van der Waals surface area contributed by atoms with E-state index < -0.39 is 0 Å². The molecule has 2 N–H and O–H groups in total. The molecule has 4 rings (SSSR count). The zero-order chi connectivity index (χ0) is 20.2. The van der Waals surface area contributed by atoms with Crippen molar-refractivity contribution in [1.82, 2.24) is 10.2 Å². The number of aromatic nitrogens is 2. The van der Waals surface area contributed by atoms with Crippen LogP contribution in [0.5, 0.6) is 0 Å². The fraction of sp³-hybridized carbons (Fsp3) is 0.167. The predicted molar refractivity (Wildman–Crippen MR) is 115 cm³/mol. The molecule has 2 atom stereocenters. The summed E-state index contributed by atoms with van der Waals surface area (Å²) in [5, 5.41) is 11.4. The van der Waals surface area contributed by atoms with Gasteiger partial charge in [-0.25, -0.2) is 0 Å². The van der Waals surface area contributed by atoms with E-state index in [1.807, 2.05) is 30.3 Å². The number of benzene rings is 3. The molecule has 3 aromatic carbocycles. The number of halogens is 1. The summed E-state index contributed by atoms with van der Waals surface area (Å²) >= 11 is 6.08. The number of nitrogens with two attached hydrogens (primary N) is 1. The largest absolute Gasteiger partial charge is 0.415 e. The Morgan fingerprint density at radius 3 is 2.31 bits per heavy atom. The van der Waals surface area contributed by atoms with Gasteiger partial charge in [0.15, 0.2) is 6.04 Å². The van der Waals surface area contributed by atoms with Gasteiger partial charge in [0, 0.05) is 21.7 Å². The molecule has 0 aliphatic carbocycles. The second-order valence-electron chi connectivity index (χ2n) is 7.24. The zero-order valence-corrected chi connectivity index (χ0v) is 17.2. The summed E-state index contributed by atoms with van der Waals surface area (Å²) in [7, 11) is 0. The van der Waals surface area contributed by atoms with Crippen LogP contribution in [0.3, 0.4) is 0 Å². The van der Waals surface area contributed by atoms with Crippen molar-refractivity contribution in [3.8, 4) is 11.5 Å². The molecule has 0 fully saturated rings. The summed E-state index contributed by atoms with van der Waals surface area (Å²) in [6.07, 6.45) is 0. The van der Waals surface area contributed by atoms with Gasteiger partial charge in [-0.2, -0.15) is 0 Å². The Balaban J connectivity index is 1.60. The van der Waals surface area contributed by atoms with Crippen molar-refractivity contribution >= 4 is 11.6 Å². The lowest BCUT2D eigenvalue weighted by Crippen LogP contribution is -2.86. The van der Waals surface area contributed by atoms with Crippen molar-refractivity contribution in [3.63, 3.8) is 0 Å². The van der Waals surface area contributed by atoms with Crippen LogP contribution in [0, 0.1) is 6.92 Å². The van der Waals surface area contributed by atoms with Gasteiger partial charge in [0.05, 0.1) is 0 Å². The molecule has 4 nitrogen and oxygen atoms in total. The van der Waals surface area contributed by atoms with Crippen LogP contribution in [0.25, 0.3) is 11.5 Å². The fourth-order valence-corrected chi connectivity index (χ4v) is 3.57. The molecule has 0 bridgehead atoms. The van der Waals surface area contributed by atoms with E-state index in [2.05, 4.69) is 77.9 Å². The molecule has 0 spiro atoms. The van der Waals surface area contributed by atoms with Crippen LogP contribution >= 0.6 is 11.6 Å². The van der Waals surface area contributed by atoms with Gasteiger partial charge in [0.2, 0.25) is 5.89 Å². The minimum absolute atomic E-state index is 0.0121. The van der Waals surface area contributed by atoms with E-state index in [0.29, 0.717) is 16.8 Å². The normalized spacial score (nSPS) is 13.2. The van der Waals surface area contributed by atoms with Crippen LogP contribution in [0.2, 0.25) is 5.02 Å². The first-order valence-corrected chi connectivity index (χ1v) is 10.0. The average molecular weight is 405 g/mol. The Hall–Kier alpha value is -2.95. The number of quaternary nitrogens is 1. The Kier molecular flexibility index (Phi) is 5.74. The van der Waals surface area contributed by atoms with Gasteiger partial charge in [0.1, 0.15) is 6.04 Å². The summed E-state index contributed by atoms with van der Waals surface area (Å²) in [5.41, 5.74) is 4.54. The lowest BCUT2D eigenvalue weighted by molar-refractivity contribution is -0.725. The van der Waals surface area contributed by atoms with Crippen LogP contribution in [-0.2, 0) is 0 Å². The molecule has 0 saturated carbocycles. The lowest BCUT2D eigenvalue weighted by Gasteiger charge is -2.19. The van der Waals surface area contributed by atoms with Crippen molar-refractivity contribution in [3.05, 3.63) is 106 Å². The molecule has 146 valence electrons. The predicted octanol–water partition coefficient (Wildman–Crippen LogP) is 5.11. The van der Waals surface area contributed by atoms with Crippen molar-refractivity contribution in [2.75, 3.05) is 0 Å². The third-order valence-corrected chi connectivity index (χ3v) is 5.21. The quantitative estimate of drug-likeness (QED) is 0.485. The second-order valence-corrected chi connectivity index (χ2v) is 7.67. The van der Waals surface area contributed by atoms with E-state index in [-0.39, 0.29) is 12.1 Å². The fourth-order valence-electron chi connectivity index (χ4n) is 3.38. The SMILES string of the molecule is Cc1ccc([C@@H]([NH2+][C@@H](C)c2nnc(-c3cccc(Cl)c3)o2)c2ccccc2)cc1. The molecule has 0 saturated heterocycles. The van der Waals surface area contributed by atoms with Crippen molar-refractivity contribution in [2.24, 2.45) is 0 Å². The van der Waals surface area contributed by atoms with Gasteiger partial charge in [-0.1, -0.05) is 77.8 Å². The number of hydrogen-bond donors (Lipinski definition) is 1. The average Bonchev–Trinajstić information content (AvgIpc) is 3.24. The van der Waals surface area contributed by atoms with Gasteiger partial charge in [0.25, 0.3) is 5.89 Å². The lowest BCUT2D eigenvalue weighted by atomic mass is 9.97. The standard InChI is InChI=1S/C24H22ClN3O/c1-16-11-13-19(14-12-16)22(18-7-4-3-5-8-18)26-17(2)23-27-28-24(29-23)20-9-6-10-21(25)15-20/h3-15,17,22,26H,1-2H3/p+1/t17-,22-/m0/s1. The third kappa shape index (κ3) is 4.56. The summed E-state index contributed by atoms with van der Waals surface area (Å²) < 4.78 is 5.97. The highest BCUT2D eigenvalue weighted by molar-refractivity contribution is 6.30. The maximum Gasteiger partial charge on any atom is 0.274 e. The van der Waals surface area contributed by atoms with Gasteiger partial charge >= 0.3 is 0 Å². The first-order valence-electron chi connectivity index (χ1n) is 9.66. The summed E-state index contributed by atoms with van der Waals surface area (Å²) in [4.78, 5) is 0. The van der Waals surface area contributed by atoms with Gasteiger partial charge < -0.3 is 9.73 Å². The molecule has 0 aliphatic heterocycles. The minimum atomic E-state index is -0.0121. The Morgan fingerprint density at radius 2 is 1.59 bits per heavy atom. The van der Waals surface area contributed by atoms with E-state index in [1.165, 1.54) is 16.7 Å². The Labute approximate surface area is 175 Å². The molecular formula is C24H23ClN3O+. The molecule has 0 aliphatic rings. The minimum Gasteiger partial charge on any atom is -0.415 e. The molecule has 29 heavy (non-hydrogen) atoms. The molecule has 4 aromatic rings. The smallest absolute Gasteiger partial charge is 0.274 e. The van der Waals surface area contributed by atoms with E-state index in [4.69, 9.17) is 16.0 Å². The van der Waals surface area contributed by atoms with Gasteiger partial charge in [-0.05, 0) is 32.0 Å². The van der Waals surface area contributed by atoms with Crippen LogP contribution in [0.15, 0.2) is 83.3 Å². The molecule has 1 heterocycles. The Bertz CT molecular complexity index is 1080. The first kappa shape index (κ1) is 19.4. The monoisotopic (exact) mass is 404 g/mol. The summed E-state index contributed by atoms with van der Waals surface area (Å²) in [5.74, 6) is 1.07. The van der Waals surface area contributed by atoms with E-state index >= 15 is 0 Å². The van der Waals surface area contributed by atoms with E-state index in [9.17, 15) is 0 Å². The number of aryl methyl sites for hydroxylation is 1. The van der Waals surface area contributed by atoms with Crippen LogP contribution < -0.4 is 5.32 Å². The number of hydrogen-bond acceptors (Lipinski definition) is 3. The number of nitrogens with zero attached hydrogens (tertiary/aromatic N) is 2. The highest BCUT2D eigenvalue weighted by atomic mass is 35.5. The summed E-state index contributed by atoms with van der Waals surface area (Å²) in [6.45, 7) is 4.18. The first-order chi connectivity index (χ1) is 14.1. The van der Waals surface area contributed by atoms with E-state index in [0.717, 1.165) is 5.56 Å². The highest BCUT2D eigenvalue weighted by Crippen LogP contribution is 2.24. The molecule has 5 heteroatoms. The number of rotatable bonds is 6. The molecular weight excluding hydrogens is 382 g/mol. The van der Waals surface area contributed by atoms with E-state index in [1.54, 1.807) is 0 Å². The highest BCUT2D eigenvalue weighted by Gasteiger charge is 2.25. The third-order valence-electron chi connectivity index (χ3n) is 4.98. The maximum atomic E-state index is 6.08. The van der Waals surface area contributed by atoms with Gasteiger partial charge in [-0.15, -0.1) is 10.2 Å².